The molecule has 0 saturated carbocycles. The van der Waals surface area contributed by atoms with Crippen molar-refractivity contribution in [2.45, 2.75) is 33.2 Å². The maximum atomic E-state index is 5.40. The summed E-state index contributed by atoms with van der Waals surface area (Å²) in [5, 5.41) is 0. The molecular weight excluding hydrogens is 114 g/mol. The molecule has 0 saturated heterocycles. The lowest BCUT2D eigenvalue weighted by Crippen LogP contribution is -2.16. The van der Waals surface area contributed by atoms with E-state index in [2.05, 4.69) is 0 Å². The van der Waals surface area contributed by atoms with Crippen LogP contribution in [0, 0.1) is 0 Å². The highest BCUT2D eigenvalue weighted by molar-refractivity contribution is 4.49. The Bertz CT molecular complexity index is 37.9. The molecule has 2 heteroatoms. The molecule has 2 N–H and O–H groups in total. The fraction of sp³-hybridized carbons (Fsp3) is 1.00. The topological polar surface area (TPSA) is 35.2 Å². The van der Waals surface area contributed by atoms with Crippen molar-refractivity contribution in [3.63, 3.8) is 0 Å². The Morgan fingerprint density at radius 3 is 2.00 bits per heavy atom. The van der Waals surface area contributed by atoms with E-state index in [4.69, 9.17) is 10.5 Å². The first-order valence-corrected chi connectivity index (χ1v) is 3.52. The van der Waals surface area contributed by atoms with Crippen LogP contribution in [-0.4, -0.2) is 19.8 Å². The highest BCUT2D eigenvalue weighted by Gasteiger charge is 1.89. The van der Waals surface area contributed by atoms with Crippen molar-refractivity contribution in [3.05, 3.63) is 0 Å². The Hall–Kier alpha value is -0.0800. The summed E-state index contributed by atoms with van der Waals surface area (Å²) < 4.78 is 4.77. The molecule has 0 aromatic rings. The summed E-state index contributed by atoms with van der Waals surface area (Å²) in [6.45, 7) is 6.75. The van der Waals surface area contributed by atoms with Crippen molar-refractivity contribution >= 4 is 0 Å². The fourth-order valence-electron chi connectivity index (χ4n) is 0.304. The normalized spacial score (nSPS) is 11.7. The van der Waals surface area contributed by atoms with Gasteiger partial charge in [-0.15, -0.1) is 0 Å². The molecular formula is C7H19NO. The maximum absolute atomic E-state index is 5.40. The molecule has 0 spiro atoms. The number of hydrogen-bond donors (Lipinski definition) is 1. The molecule has 0 aromatic carbocycles. The van der Waals surface area contributed by atoms with Gasteiger partial charge in [-0.25, -0.2) is 0 Å². The van der Waals surface area contributed by atoms with Crippen LogP contribution in [0.3, 0.4) is 0 Å². The molecule has 1 unspecified atom stereocenters. The van der Waals surface area contributed by atoms with Gasteiger partial charge < -0.3 is 10.5 Å². The second-order valence-corrected chi connectivity index (χ2v) is 1.76. The molecule has 0 amide bonds. The van der Waals surface area contributed by atoms with Crippen molar-refractivity contribution in [1.29, 1.82) is 0 Å². The molecule has 0 bridgehead atoms. The summed E-state index contributed by atoms with van der Waals surface area (Å²) in [6, 6.07) is 0.278. The number of methoxy groups -OCH3 is 1. The van der Waals surface area contributed by atoms with Gasteiger partial charge in [-0.3, -0.25) is 0 Å². The number of nitrogens with two attached hydrogens (primary N) is 1. The van der Waals surface area contributed by atoms with E-state index in [-0.39, 0.29) is 6.04 Å². The van der Waals surface area contributed by atoms with E-state index in [1.807, 2.05) is 20.8 Å². The van der Waals surface area contributed by atoms with Gasteiger partial charge in [-0.1, -0.05) is 13.8 Å². The van der Waals surface area contributed by atoms with Crippen molar-refractivity contribution in [2.24, 2.45) is 5.73 Å². The van der Waals surface area contributed by atoms with Crippen LogP contribution in [0.1, 0.15) is 27.2 Å². The average molecular weight is 133 g/mol. The van der Waals surface area contributed by atoms with E-state index < -0.39 is 0 Å². The Kier molecular flexibility index (Phi) is 14.0. The predicted molar refractivity (Wildman–Crippen MR) is 41.5 cm³/mol. The Morgan fingerprint density at radius 2 is 1.89 bits per heavy atom. The van der Waals surface area contributed by atoms with Gasteiger partial charge in [-0.2, -0.15) is 0 Å². The molecule has 0 aliphatic carbocycles. The van der Waals surface area contributed by atoms with Gasteiger partial charge >= 0.3 is 0 Å². The summed E-state index contributed by atoms with van der Waals surface area (Å²) in [4.78, 5) is 0. The van der Waals surface area contributed by atoms with Gasteiger partial charge in [0.2, 0.25) is 0 Å². The van der Waals surface area contributed by atoms with Crippen LogP contribution in [0.15, 0.2) is 0 Å². The lowest BCUT2D eigenvalue weighted by Gasteiger charge is -2.00. The lowest BCUT2D eigenvalue weighted by molar-refractivity contribution is 0.189. The molecule has 0 radical (unpaired) electrons. The third kappa shape index (κ3) is 18.1. The quantitative estimate of drug-likeness (QED) is 0.631. The predicted octanol–water partition coefficient (Wildman–Crippen LogP) is 1.40. The van der Waals surface area contributed by atoms with Crippen LogP contribution >= 0.6 is 0 Å². The van der Waals surface area contributed by atoms with E-state index >= 15 is 0 Å². The molecule has 1 atom stereocenters. The summed E-state index contributed by atoms with van der Waals surface area (Å²) in [5.74, 6) is 0. The zero-order valence-corrected chi connectivity index (χ0v) is 6.98. The minimum Gasteiger partial charge on any atom is -0.385 e. The van der Waals surface area contributed by atoms with Gasteiger partial charge in [-0.05, 0) is 13.3 Å². The summed E-state index contributed by atoms with van der Waals surface area (Å²) in [5.41, 5.74) is 5.40. The first-order chi connectivity index (χ1) is 4.27. The van der Waals surface area contributed by atoms with Crippen molar-refractivity contribution in [3.8, 4) is 0 Å². The molecule has 0 aliphatic heterocycles. The average Bonchev–Trinajstić information content (AvgIpc) is 1.88. The van der Waals surface area contributed by atoms with Gasteiger partial charge in [0, 0.05) is 19.8 Å². The molecule has 0 aromatic heterocycles. The van der Waals surface area contributed by atoms with Crippen molar-refractivity contribution in [1.82, 2.24) is 0 Å². The van der Waals surface area contributed by atoms with E-state index in [9.17, 15) is 0 Å². The third-order valence-electron chi connectivity index (χ3n) is 0.777. The molecule has 9 heavy (non-hydrogen) atoms. The zero-order chi connectivity index (χ0) is 7.70. The Balaban J connectivity index is 0. The van der Waals surface area contributed by atoms with E-state index in [1.165, 1.54) is 0 Å². The second kappa shape index (κ2) is 10.8. The SMILES string of the molecule is CC.COCCC(C)N. The highest BCUT2D eigenvalue weighted by atomic mass is 16.5. The lowest BCUT2D eigenvalue weighted by atomic mass is 10.3. The van der Waals surface area contributed by atoms with Crippen LogP contribution < -0.4 is 5.73 Å². The summed E-state index contributed by atoms with van der Waals surface area (Å²) >= 11 is 0. The Morgan fingerprint density at radius 1 is 1.44 bits per heavy atom. The number of rotatable bonds is 3. The Labute approximate surface area is 58.4 Å². The monoisotopic (exact) mass is 133 g/mol. The number of ether oxygens (including phenoxy) is 1. The van der Waals surface area contributed by atoms with Gasteiger partial charge in [0.15, 0.2) is 0 Å². The largest absolute Gasteiger partial charge is 0.385 e. The van der Waals surface area contributed by atoms with Crippen LogP contribution in [0.2, 0.25) is 0 Å². The third-order valence-corrected chi connectivity index (χ3v) is 0.777. The van der Waals surface area contributed by atoms with Gasteiger partial charge in [0.1, 0.15) is 0 Å². The van der Waals surface area contributed by atoms with E-state index in [0.29, 0.717) is 0 Å². The van der Waals surface area contributed by atoms with Crippen LogP contribution in [0.25, 0.3) is 0 Å². The van der Waals surface area contributed by atoms with Gasteiger partial charge in [0.25, 0.3) is 0 Å². The fourth-order valence-corrected chi connectivity index (χ4v) is 0.304. The van der Waals surface area contributed by atoms with Crippen LogP contribution in [0.4, 0.5) is 0 Å². The molecule has 2 nitrogen and oxygen atoms in total. The standard InChI is InChI=1S/C5H13NO.C2H6/c1-5(6)3-4-7-2;1-2/h5H,3-4,6H2,1-2H3;1-2H3. The van der Waals surface area contributed by atoms with E-state index in [0.717, 1.165) is 13.0 Å². The minimum absolute atomic E-state index is 0.278. The molecule has 58 valence electrons. The molecule has 0 rings (SSSR count). The first kappa shape index (κ1) is 11.7. The highest BCUT2D eigenvalue weighted by Crippen LogP contribution is 1.83. The summed E-state index contributed by atoms with van der Waals surface area (Å²) in [7, 11) is 1.68. The van der Waals surface area contributed by atoms with Crippen molar-refractivity contribution in [2.75, 3.05) is 13.7 Å². The minimum atomic E-state index is 0.278. The zero-order valence-electron chi connectivity index (χ0n) is 6.98. The van der Waals surface area contributed by atoms with Gasteiger partial charge in [0.05, 0.1) is 0 Å². The smallest absolute Gasteiger partial charge is 0.0476 e. The van der Waals surface area contributed by atoms with Crippen molar-refractivity contribution < 1.29 is 4.74 Å². The molecule has 0 aliphatic rings. The van der Waals surface area contributed by atoms with E-state index in [1.54, 1.807) is 7.11 Å². The molecule has 0 heterocycles. The second-order valence-electron chi connectivity index (χ2n) is 1.76. The van der Waals surface area contributed by atoms with Crippen LogP contribution in [-0.2, 0) is 4.74 Å². The maximum Gasteiger partial charge on any atom is 0.0476 e. The number of hydrogen-bond acceptors (Lipinski definition) is 2. The van der Waals surface area contributed by atoms with Crippen LogP contribution in [0.5, 0.6) is 0 Å². The molecule has 0 fully saturated rings. The summed E-state index contributed by atoms with van der Waals surface area (Å²) in [6.07, 6.45) is 0.955. The first-order valence-electron chi connectivity index (χ1n) is 3.52.